The molecule has 0 aliphatic carbocycles. The third kappa shape index (κ3) is 4.96. The molecule has 0 fully saturated rings. The molecule has 0 aliphatic rings. The maximum Gasteiger partial charge on any atom is 0.292 e. The van der Waals surface area contributed by atoms with Crippen LogP contribution in [0.25, 0.3) is 0 Å². The Morgan fingerprint density at radius 1 is 1.33 bits per heavy atom. The number of hydrogen-bond donors (Lipinski definition) is 2. The minimum Gasteiger partial charge on any atom is -0.380 e. The predicted molar refractivity (Wildman–Crippen MR) is 78.9 cm³/mol. The van der Waals surface area contributed by atoms with Crippen molar-refractivity contribution >= 4 is 21.4 Å². The molecule has 21 heavy (non-hydrogen) atoms. The van der Waals surface area contributed by atoms with E-state index in [0.29, 0.717) is 13.2 Å². The third-order valence-electron chi connectivity index (χ3n) is 2.58. The van der Waals surface area contributed by atoms with Crippen LogP contribution >= 0.6 is 0 Å². The van der Waals surface area contributed by atoms with Gasteiger partial charge in [-0.2, -0.15) is 0 Å². The molecule has 0 radical (unpaired) electrons. The number of hydrogen-bond acceptors (Lipinski definition) is 6. The number of ether oxygens (including phenoxy) is 1. The molecule has 1 rings (SSSR count). The number of nitrogens with one attached hydrogen (secondary N) is 2. The summed E-state index contributed by atoms with van der Waals surface area (Å²) in [6, 6.07) is 3.64. The van der Waals surface area contributed by atoms with Gasteiger partial charge >= 0.3 is 0 Å². The van der Waals surface area contributed by atoms with Crippen LogP contribution in [-0.4, -0.2) is 39.6 Å². The standard InChI is InChI=1S/C12H19N3O5S/c1-3-13-11-9-10(5-6-12(11)15(16)17)21(18,19)14-7-8-20-4-2/h5-6,9,13-14H,3-4,7-8H2,1-2H3. The first-order valence-electron chi connectivity index (χ1n) is 6.52. The largest absolute Gasteiger partial charge is 0.380 e. The fourth-order valence-corrected chi connectivity index (χ4v) is 2.69. The van der Waals surface area contributed by atoms with Crippen LogP contribution < -0.4 is 10.0 Å². The molecule has 0 aliphatic heterocycles. The summed E-state index contributed by atoms with van der Waals surface area (Å²) in [6.45, 7) is 4.94. The lowest BCUT2D eigenvalue weighted by Crippen LogP contribution is -2.27. The topological polar surface area (TPSA) is 111 Å². The average molecular weight is 317 g/mol. The zero-order chi connectivity index (χ0) is 15.9. The zero-order valence-electron chi connectivity index (χ0n) is 12.0. The van der Waals surface area contributed by atoms with Crippen molar-refractivity contribution in [1.82, 2.24) is 4.72 Å². The second-order valence-corrected chi connectivity index (χ2v) is 5.83. The van der Waals surface area contributed by atoms with Gasteiger partial charge in [-0.15, -0.1) is 0 Å². The average Bonchev–Trinajstić information content (AvgIpc) is 2.43. The van der Waals surface area contributed by atoms with Crippen LogP contribution in [0.1, 0.15) is 13.8 Å². The molecule has 0 aromatic heterocycles. The first-order chi connectivity index (χ1) is 9.92. The quantitative estimate of drug-likeness (QED) is 0.404. The lowest BCUT2D eigenvalue weighted by molar-refractivity contribution is -0.384. The molecule has 0 unspecified atom stereocenters. The zero-order valence-corrected chi connectivity index (χ0v) is 12.8. The van der Waals surface area contributed by atoms with Crippen molar-refractivity contribution < 1.29 is 18.1 Å². The number of anilines is 1. The van der Waals surface area contributed by atoms with E-state index in [-0.39, 0.29) is 29.4 Å². The Morgan fingerprint density at radius 2 is 2.05 bits per heavy atom. The summed E-state index contributed by atoms with van der Waals surface area (Å²) >= 11 is 0. The highest BCUT2D eigenvalue weighted by atomic mass is 32.2. The molecule has 0 atom stereocenters. The molecule has 0 saturated heterocycles. The van der Waals surface area contributed by atoms with E-state index < -0.39 is 14.9 Å². The maximum absolute atomic E-state index is 12.1. The Hall–Kier alpha value is -1.71. The highest BCUT2D eigenvalue weighted by Crippen LogP contribution is 2.27. The number of nitro groups is 1. The van der Waals surface area contributed by atoms with Gasteiger partial charge in [-0.25, -0.2) is 13.1 Å². The Morgan fingerprint density at radius 3 is 2.62 bits per heavy atom. The lowest BCUT2D eigenvalue weighted by Gasteiger charge is -2.09. The van der Waals surface area contributed by atoms with Crippen LogP contribution in [0.4, 0.5) is 11.4 Å². The Bertz CT molecular complexity index is 589. The highest BCUT2D eigenvalue weighted by molar-refractivity contribution is 7.89. The number of nitro benzene ring substituents is 1. The first kappa shape index (κ1) is 17.3. The summed E-state index contributed by atoms with van der Waals surface area (Å²) in [5, 5.41) is 13.7. The molecule has 2 N–H and O–H groups in total. The molecule has 118 valence electrons. The second-order valence-electron chi connectivity index (χ2n) is 4.06. The molecule has 0 bridgehead atoms. The number of rotatable bonds is 9. The Balaban J connectivity index is 2.96. The van der Waals surface area contributed by atoms with E-state index in [0.717, 1.165) is 0 Å². The maximum atomic E-state index is 12.1. The minimum absolute atomic E-state index is 0.0273. The van der Waals surface area contributed by atoms with E-state index in [4.69, 9.17) is 4.74 Å². The van der Waals surface area contributed by atoms with Crippen LogP contribution in [0, 0.1) is 10.1 Å². The van der Waals surface area contributed by atoms with Crippen LogP contribution in [0.3, 0.4) is 0 Å². The summed E-state index contributed by atoms with van der Waals surface area (Å²) in [6.07, 6.45) is 0. The lowest BCUT2D eigenvalue weighted by atomic mass is 10.2. The van der Waals surface area contributed by atoms with Crippen molar-refractivity contribution in [1.29, 1.82) is 0 Å². The van der Waals surface area contributed by atoms with E-state index >= 15 is 0 Å². The minimum atomic E-state index is -3.72. The molecule has 0 heterocycles. The second kappa shape index (κ2) is 7.91. The van der Waals surface area contributed by atoms with E-state index in [1.807, 2.05) is 6.92 Å². The van der Waals surface area contributed by atoms with E-state index in [2.05, 4.69) is 10.0 Å². The Kier molecular flexibility index (Phi) is 6.53. The molecule has 9 heteroatoms. The molecule has 8 nitrogen and oxygen atoms in total. The fraction of sp³-hybridized carbons (Fsp3) is 0.500. The number of benzene rings is 1. The summed E-state index contributed by atoms with van der Waals surface area (Å²) in [7, 11) is -3.72. The monoisotopic (exact) mass is 317 g/mol. The van der Waals surface area contributed by atoms with Gasteiger partial charge in [0.05, 0.1) is 16.4 Å². The van der Waals surface area contributed by atoms with Crippen LogP contribution in [0.5, 0.6) is 0 Å². The smallest absolute Gasteiger partial charge is 0.292 e. The van der Waals surface area contributed by atoms with Gasteiger partial charge in [0, 0.05) is 25.8 Å². The summed E-state index contributed by atoms with van der Waals surface area (Å²) in [4.78, 5) is 10.3. The van der Waals surface area contributed by atoms with E-state index in [1.165, 1.54) is 18.2 Å². The molecule has 1 aromatic carbocycles. The van der Waals surface area contributed by atoms with Gasteiger partial charge < -0.3 is 10.1 Å². The number of nitrogens with zero attached hydrogens (tertiary/aromatic N) is 1. The number of sulfonamides is 1. The van der Waals surface area contributed by atoms with Crippen molar-refractivity contribution in [2.45, 2.75) is 18.7 Å². The van der Waals surface area contributed by atoms with Crippen molar-refractivity contribution in [2.24, 2.45) is 0 Å². The first-order valence-corrected chi connectivity index (χ1v) is 8.00. The third-order valence-corrected chi connectivity index (χ3v) is 4.04. The SMILES string of the molecule is CCNc1cc(S(=O)(=O)NCCOCC)ccc1[N+](=O)[O-]. The van der Waals surface area contributed by atoms with Crippen molar-refractivity contribution in [2.75, 3.05) is 31.6 Å². The predicted octanol–water partition coefficient (Wildman–Crippen LogP) is 1.34. The molecule has 0 amide bonds. The van der Waals surface area contributed by atoms with Gasteiger partial charge in [-0.1, -0.05) is 0 Å². The van der Waals surface area contributed by atoms with Crippen molar-refractivity contribution in [3.63, 3.8) is 0 Å². The molecular formula is C12H19N3O5S. The Labute approximate surface area is 123 Å². The van der Waals surface area contributed by atoms with Crippen molar-refractivity contribution in [3.05, 3.63) is 28.3 Å². The molecule has 1 aromatic rings. The van der Waals surface area contributed by atoms with Gasteiger partial charge in [-0.05, 0) is 26.0 Å². The van der Waals surface area contributed by atoms with E-state index in [1.54, 1.807) is 6.92 Å². The summed E-state index contributed by atoms with van der Waals surface area (Å²) in [5.41, 5.74) is 0.0142. The van der Waals surface area contributed by atoms with E-state index in [9.17, 15) is 18.5 Å². The highest BCUT2D eigenvalue weighted by Gasteiger charge is 2.19. The van der Waals surface area contributed by atoms with Gasteiger partial charge in [0.15, 0.2) is 0 Å². The summed E-state index contributed by atoms with van der Waals surface area (Å²) in [5.74, 6) is 0. The summed E-state index contributed by atoms with van der Waals surface area (Å²) < 4.78 is 31.6. The fourth-order valence-electron chi connectivity index (χ4n) is 1.65. The van der Waals surface area contributed by atoms with Gasteiger partial charge in [-0.3, -0.25) is 10.1 Å². The van der Waals surface area contributed by atoms with Crippen LogP contribution in [0.2, 0.25) is 0 Å². The molecular weight excluding hydrogens is 298 g/mol. The molecule has 0 spiro atoms. The molecule has 0 saturated carbocycles. The van der Waals surface area contributed by atoms with Crippen molar-refractivity contribution in [3.8, 4) is 0 Å². The van der Waals surface area contributed by atoms with Gasteiger partial charge in [0.1, 0.15) is 5.69 Å². The van der Waals surface area contributed by atoms with Crippen LogP contribution in [-0.2, 0) is 14.8 Å². The normalized spacial score (nSPS) is 11.3. The van der Waals surface area contributed by atoms with Gasteiger partial charge in [0.25, 0.3) is 5.69 Å². The van der Waals surface area contributed by atoms with Crippen LogP contribution in [0.15, 0.2) is 23.1 Å². The van der Waals surface area contributed by atoms with Gasteiger partial charge in [0.2, 0.25) is 10.0 Å².